The molecule has 0 radical (unpaired) electrons. The highest BCUT2D eigenvalue weighted by atomic mass is 79.9. The van der Waals surface area contributed by atoms with Crippen LogP contribution in [0.2, 0.25) is 0 Å². The fraction of sp³-hybridized carbons (Fsp3) is 0.394. The van der Waals surface area contributed by atoms with Crippen LogP contribution in [0.3, 0.4) is 0 Å². The van der Waals surface area contributed by atoms with Crippen molar-refractivity contribution < 1.29 is 32.6 Å². The Hall–Kier alpha value is -3.65. The van der Waals surface area contributed by atoms with E-state index >= 15 is 0 Å². The molecular formula is C33H41BrN4O7S. The Morgan fingerprint density at radius 3 is 2.43 bits per heavy atom. The van der Waals surface area contributed by atoms with Crippen LogP contribution in [0.4, 0.5) is 5.69 Å². The average Bonchev–Trinajstić information content (AvgIpc) is 3.51. The summed E-state index contributed by atoms with van der Waals surface area (Å²) in [4.78, 5) is 26.7. The van der Waals surface area contributed by atoms with Gasteiger partial charge in [0.25, 0.3) is 5.91 Å². The van der Waals surface area contributed by atoms with Crippen molar-refractivity contribution in [2.24, 2.45) is 5.92 Å². The van der Waals surface area contributed by atoms with Crippen LogP contribution >= 0.6 is 15.9 Å². The molecule has 0 aromatic heterocycles. The van der Waals surface area contributed by atoms with Crippen molar-refractivity contribution in [2.75, 3.05) is 32.2 Å². The Bertz CT molecular complexity index is 1600. The number of amides is 2. The molecule has 1 aliphatic rings. The number of fused-ring (bicyclic) bond motifs is 1. The van der Waals surface area contributed by atoms with Gasteiger partial charge >= 0.3 is 0 Å². The predicted molar refractivity (Wildman–Crippen MR) is 179 cm³/mol. The smallest absolute Gasteiger partial charge is 0.252 e. The lowest BCUT2D eigenvalue weighted by Gasteiger charge is -2.31. The van der Waals surface area contributed by atoms with E-state index in [4.69, 9.17) is 15.2 Å². The number of unbranched alkanes of at least 4 members (excludes halogenated alkanes) is 1. The summed E-state index contributed by atoms with van der Waals surface area (Å²) in [6.45, 7) is 4.14. The molecule has 0 fully saturated rings. The van der Waals surface area contributed by atoms with Gasteiger partial charge < -0.3 is 30.9 Å². The van der Waals surface area contributed by atoms with E-state index in [1.807, 2.05) is 38.1 Å². The summed E-state index contributed by atoms with van der Waals surface area (Å²) in [6, 6.07) is 16.9. The second kappa shape index (κ2) is 16.3. The van der Waals surface area contributed by atoms with Crippen LogP contribution in [0.5, 0.6) is 11.5 Å². The van der Waals surface area contributed by atoms with Crippen molar-refractivity contribution >= 4 is 43.5 Å². The third-order valence-corrected chi connectivity index (χ3v) is 10.3. The maximum atomic E-state index is 13.5. The minimum atomic E-state index is -3.87. The number of carbonyl (C=O) groups is 2. The first kappa shape index (κ1) is 35.2. The van der Waals surface area contributed by atoms with Crippen LogP contribution in [-0.4, -0.2) is 68.2 Å². The van der Waals surface area contributed by atoms with Crippen LogP contribution in [0.1, 0.15) is 49.0 Å². The second-order valence-corrected chi connectivity index (χ2v) is 14.3. The van der Waals surface area contributed by atoms with Crippen LogP contribution in [-0.2, 0) is 21.2 Å². The zero-order valence-corrected chi connectivity index (χ0v) is 28.3. The molecule has 3 aromatic carbocycles. The van der Waals surface area contributed by atoms with Gasteiger partial charge in [-0.2, -0.15) is 4.31 Å². The van der Waals surface area contributed by atoms with Gasteiger partial charge in [-0.1, -0.05) is 54.4 Å². The van der Waals surface area contributed by atoms with Gasteiger partial charge in [-0.25, -0.2) is 8.42 Å². The fourth-order valence-corrected chi connectivity index (χ4v) is 7.37. The largest absolute Gasteiger partial charge is 0.454 e. The SMILES string of the molecule is CC(C)CN([C@H](CO)CCCCNC(=O)[C@@H](Cc1ccccc1Br)NC(=O)c1ccc2c(c1)OCO2)S(=O)(=O)c1ccc(N)cc1. The summed E-state index contributed by atoms with van der Waals surface area (Å²) in [7, 11) is -3.87. The Morgan fingerprint density at radius 2 is 1.74 bits per heavy atom. The molecule has 0 saturated heterocycles. The number of rotatable bonds is 16. The number of nitrogen functional groups attached to an aromatic ring is 1. The molecule has 0 spiro atoms. The Labute approximate surface area is 278 Å². The molecule has 2 amide bonds. The van der Waals surface area contributed by atoms with Crippen molar-refractivity contribution in [3.8, 4) is 11.5 Å². The lowest BCUT2D eigenvalue weighted by atomic mass is 10.0. The Morgan fingerprint density at radius 1 is 1.02 bits per heavy atom. The number of nitrogens with one attached hydrogen (secondary N) is 2. The van der Waals surface area contributed by atoms with Crippen LogP contribution < -0.4 is 25.8 Å². The standard InChI is InChI=1S/C33H41BrN4O7S/c1-22(2)19-38(46(42,43)27-13-11-25(35)12-14-27)26(20-39)8-5-6-16-36-33(41)29(17-23-7-3-4-9-28(23)34)37-32(40)24-10-15-30-31(18-24)45-21-44-30/h3-4,7,9-15,18,22,26,29,39H,5-6,8,16-17,19-21,35H2,1-2H3,(H,36,41)(H,37,40)/t26-,29+/m0/s1. The molecule has 1 heterocycles. The van der Waals surface area contributed by atoms with E-state index in [1.54, 1.807) is 30.3 Å². The number of aliphatic hydroxyl groups is 1. The Kier molecular flexibility index (Phi) is 12.4. The van der Waals surface area contributed by atoms with E-state index in [0.29, 0.717) is 48.6 Å². The van der Waals surface area contributed by atoms with Gasteiger partial charge in [0.15, 0.2) is 11.5 Å². The molecule has 0 unspecified atom stereocenters. The first-order valence-corrected chi connectivity index (χ1v) is 17.4. The number of benzene rings is 3. The van der Waals surface area contributed by atoms with E-state index in [9.17, 15) is 23.1 Å². The lowest BCUT2D eigenvalue weighted by Crippen LogP contribution is -2.48. The second-order valence-electron chi connectivity index (χ2n) is 11.6. The molecule has 5 N–H and O–H groups in total. The third kappa shape index (κ3) is 9.21. The monoisotopic (exact) mass is 716 g/mol. The number of sulfonamides is 1. The molecule has 1 aliphatic heterocycles. The van der Waals surface area contributed by atoms with Crippen LogP contribution in [0.15, 0.2) is 76.1 Å². The van der Waals surface area contributed by atoms with E-state index in [0.717, 1.165) is 10.0 Å². The molecule has 0 bridgehead atoms. The number of carbonyl (C=O) groups excluding carboxylic acids is 2. The van der Waals surface area contributed by atoms with Crippen molar-refractivity contribution in [1.29, 1.82) is 0 Å². The van der Waals surface area contributed by atoms with Crippen molar-refractivity contribution in [1.82, 2.24) is 14.9 Å². The van der Waals surface area contributed by atoms with Crippen LogP contribution in [0, 0.1) is 5.92 Å². The van der Waals surface area contributed by atoms with Crippen molar-refractivity contribution in [3.05, 3.63) is 82.3 Å². The quantitative estimate of drug-likeness (QED) is 0.127. The van der Waals surface area contributed by atoms with Gasteiger partial charge in [-0.05, 0) is 72.9 Å². The molecule has 3 aromatic rings. The minimum Gasteiger partial charge on any atom is -0.454 e. The third-order valence-electron chi connectivity index (χ3n) is 7.55. The molecule has 0 aliphatic carbocycles. The van der Waals surface area contributed by atoms with Gasteiger partial charge in [-0.3, -0.25) is 9.59 Å². The molecule has 0 saturated carbocycles. The van der Waals surface area contributed by atoms with Gasteiger partial charge in [-0.15, -0.1) is 0 Å². The molecule has 11 nitrogen and oxygen atoms in total. The van der Waals surface area contributed by atoms with Gasteiger partial charge in [0.1, 0.15) is 6.04 Å². The summed E-state index contributed by atoms with van der Waals surface area (Å²) >= 11 is 3.52. The predicted octanol–water partition coefficient (Wildman–Crippen LogP) is 4.10. The number of nitrogens with two attached hydrogens (primary N) is 1. The minimum absolute atomic E-state index is 0.0337. The number of nitrogens with zero attached hydrogens (tertiary/aromatic N) is 1. The normalized spacial score (nSPS) is 13.9. The first-order valence-electron chi connectivity index (χ1n) is 15.2. The zero-order valence-electron chi connectivity index (χ0n) is 25.9. The summed E-state index contributed by atoms with van der Waals surface area (Å²) in [6.07, 6.45) is 1.74. The molecule has 2 atom stereocenters. The topological polar surface area (TPSA) is 160 Å². The van der Waals surface area contributed by atoms with Crippen molar-refractivity contribution in [3.63, 3.8) is 0 Å². The highest BCUT2D eigenvalue weighted by Crippen LogP contribution is 2.32. The lowest BCUT2D eigenvalue weighted by molar-refractivity contribution is -0.122. The van der Waals surface area contributed by atoms with Gasteiger partial charge in [0.2, 0.25) is 22.7 Å². The first-order chi connectivity index (χ1) is 22.0. The number of anilines is 1. The maximum absolute atomic E-state index is 13.5. The van der Waals surface area contributed by atoms with E-state index in [2.05, 4.69) is 26.6 Å². The Balaban J connectivity index is 1.37. The van der Waals surface area contributed by atoms with Crippen LogP contribution in [0.25, 0.3) is 0 Å². The fourth-order valence-electron chi connectivity index (χ4n) is 5.12. The highest BCUT2D eigenvalue weighted by Gasteiger charge is 2.31. The number of aliphatic hydroxyl groups excluding tert-OH is 1. The zero-order chi connectivity index (χ0) is 33.3. The number of hydrogen-bond donors (Lipinski definition) is 4. The highest BCUT2D eigenvalue weighted by molar-refractivity contribution is 9.10. The molecular weight excluding hydrogens is 676 g/mol. The summed E-state index contributed by atoms with van der Waals surface area (Å²) in [5.41, 5.74) is 7.40. The molecule has 4 rings (SSSR count). The van der Waals surface area contributed by atoms with E-state index in [1.165, 1.54) is 16.4 Å². The molecule has 46 heavy (non-hydrogen) atoms. The summed E-state index contributed by atoms with van der Waals surface area (Å²) in [5.74, 6) is 0.276. The van der Waals surface area contributed by atoms with Gasteiger partial charge in [0.05, 0.1) is 11.5 Å². The number of hydrogen-bond acceptors (Lipinski definition) is 8. The summed E-state index contributed by atoms with van der Waals surface area (Å²) in [5, 5.41) is 16.0. The van der Waals surface area contributed by atoms with Gasteiger partial charge in [0, 0.05) is 41.3 Å². The number of halogens is 1. The molecule has 13 heteroatoms. The maximum Gasteiger partial charge on any atom is 0.252 e. The van der Waals surface area contributed by atoms with E-state index in [-0.39, 0.29) is 43.1 Å². The number of ether oxygens (including phenoxy) is 2. The molecule has 248 valence electrons. The summed E-state index contributed by atoms with van der Waals surface area (Å²) < 4.78 is 39.9. The average molecular weight is 718 g/mol. The van der Waals surface area contributed by atoms with E-state index < -0.39 is 28.0 Å². The van der Waals surface area contributed by atoms with Crippen molar-refractivity contribution in [2.45, 2.75) is 56.5 Å².